The van der Waals surface area contributed by atoms with Crippen LogP contribution in [0.3, 0.4) is 0 Å². The Morgan fingerprint density at radius 1 is 1.15 bits per heavy atom. The van der Waals surface area contributed by atoms with Crippen molar-refractivity contribution in [1.82, 2.24) is 20.2 Å². The van der Waals surface area contributed by atoms with Gasteiger partial charge in [-0.2, -0.15) is 0 Å². The Kier molecular flexibility index (Phi) is 6.76. The normalized spacial score (nSPS) is 20.3. The molecule has 2 unspecified atom stereocenters. The van der Waals surface area contributed by atoms with Gasteiger partial charge < -0.3 is 15.4 Å². The molecule has 0 radical (unpaired) electrons. The van der Waals surface area contributed by atoms with Gasteiger partial charge in [0.05, 0.1) is 40.9 Å². The summed E-state index contributed by atoms with van der Waals surface area (Å²) in [6.45, 7) is 3.58. The van der Waals surface area contributed by atoms with E-state index in [9.17, 15) is 9.59 Å². The van der Waals surface area contributed by atoms with Gasteiger partial charge in [0.1, 0.15) is 9.71 Å². The molecule has 2 fully saturated rings. The number of piperidine rings is 1. The first kappa shape index (κ1) is 25.4. The molecule has 0 saturated carbocycles. The van der Waals surface area contributed by atoms with E-state index in [1.807, 2.05) is 48.5 Å². The van der Waals surface area contributed by atoms with Gasteiger partial charge in [-0.05, 0) is 37.6 Å². The Hall–Kier alpha value is -3.86. The molecule has 0 aliphatic carbocycles. The molecule has 2 saturated heterocycles. The lowest BCUT2D eigenvalue weighted by molar-refractivity contribution is 0.0905. The summed E-state index contributed by atoms with van der Waals surface area (Å²) in [5.74, 6) is -0.174. The molecule has 200 valence electrons. The van der Waals surface area contributed by atoms with Gasteiger partial charge in [-0.15, -0.1) is 11.3 Å². The summed E-state index contributed by atoms with van der Waals surface area (Å²) >= 11 is 1.31. The molecule has 9 nitrogen and oxygen atoms in total. The van der Waals surface area contributed by atoms with Crippen molar-refractivity contribution in [2.24, 2.45) is 0 Å². The Labute approximate surface area is 230 Å². The first-order valence-corrected chi connectivity index (χ1v) is 13.6. The van der Waals surface area contributed by atoms with Gasteiger partial charge in [-0.25, -0.2) is 9.78 Å². The topological polar surface area (TPSA) is 103 Å². The molecule has 2 N–H and O–H groups in total. The Balaban J connectivity index is 0.00000277. The molecule has 3 amide bonds. The maximum Gasteiger partial charge on any atom is 0.331 e. The third kappa shape index (κ3) is 4.87. The lowest BCUT2D eigenvalue weighted by atomic mass is 10.1. The number of pyridine rings is 2. The second-order valence-electron chi connectivity index (χ2n) is 9.87. The van der Waals surface area contributed by atoms with Crippen molar-refractivity contribution in [2.45, 2.75) is 32.4 Å². The number of aromatic nitrogens is 2. The summed E-state index contributed by atoms with van der Waals surface area (Å²) in [5, 5.41) is 6.98. The number of likely N-dealkylation sites (tertiary alicyclic amines) is 1. The maximum atomic E-state index is 13.5. The number of carbonyl (C=O) groups is 2. The summed E-state index contributed by atoms with van der Waals surface area (Å²) in [6, 6.07) is 15.1. The number of carbonyl (C=O) groups excluding carboxylic acids is 2. The summed E-state index contributed by atoms with van der Waals surface area (Å²) in [4.78, 5) is 41.1. The third-order valence-corrected chi connectivity index (χ3v) is 8.32. The van der Waals surface area contributed by atoms with E-state index < -0.39 is 0 Å². The van der Waals surface area contributed by atoms with E-state index >= 15 is 0 Å². The molecule has 3 aromatic heterocycles. The van der Waals surface area contributed by atoms with Gasteiger partial charge in [0.2, 0.25) is 0 Å². The van der Waals surface area contributed by atoms with Crippen LogP contribution < -0.4 is 15.5 Å². The van der Waals surface area contributed by atoms with E-state index in [1.165, 1.54) is 11.3 Å². The largest absolute Gasteiger partial charge is 0.372 e. The van der Waals surface area contributed by atoms with E-state index in [0.717, 1.165) is 55.7 Å². The van der Waals surface area contributed by atoms with Crippen LogP contribution >= 0.6 is 11.3 Å². The van der Waals surface area contributed by atoms with Crippen LogP contribution in [0.1, 0.15) is 29.9 Å². The van der Waals surface area contributed by atoms with Crippen molar-refractivity contribution >= 4 is 50.6 Å². The number of thiophene rings is 1. The fourth-order valence-corrected chi connectivity index (χ4v) is 6.40. The quantitative estimate of drug-likeness (QED) is 0.322. The number of hydrogen-bond acceptors (Lipinski definition) is 7. The second kappa shape index (κ2) is 10.4. The average Bonchev–Trinajstić information content (AvgIpc) is 3.68. The minimum absolute atomic E-state index is 0. The number of rotatable bonds is 6. The molecule has 39 heavy (non-hydrogen) atoms. The van der Waals surface area contributed by atoms with Gasteiger partial charge in [-0.3, -0.25) is 19.6 Å². The standard InChI is InChI=1S/C28H26N6O3S.CH4/c35-26(31-18-7-4-12-33(14-18)15-20-16-37-20)25-24-23-22(9-11-30-27(23)38-25)34(28(36)32-24)19-8-10-29-21(13-19)17-5-2-1-3-6-17;/h1-3,5-6,8-11,13,18,20H,4,7,12,14-16H2,(H,31,35)(H,32,36);1H4. The number of epoxide rings is 1. The van der Waals surface area contributed by atoms with Crippen molar-refractivity contribution < 1.29 is 14.3 Å². The van der Waals surface area contributed by atoms with E-state index in [-0.39, 0.29) is 25.4 Å². The molecule has 0 bridgehead atoms. The van der Waals surface area contributed by atoms with Gasteiger partial charge >= 0.3 is 6.03 Å². The number of hydrogen-bond donors (Lipinski definition) is 2. The van der Waals surface area contributed by atoms with Gasteiger partial charge in [0.15, 0.2) is 0 Å². The second-order valence-corrected chi connectivity index (χ2v) is 10.9. The minimum atomic E-state index is -0.323. The van der Waals surface area contributed by atoms with Crippen LogP contribution in [0.2, 0.25) is 0 Å². The van der Waals surface area contributed by atoms with Crippen LogP contribution in [-0.4, -0.2) is 65.2 Å². The van der Waals surface area contributed by atoms with Gasteiger partial charge in [-0.1, -0.05) is 37.8 Å². The lowest BCUT2D eigenvalue weighted by Crippen LogP contribution is -2.48. The van der Waals surface area contributed by atoms with E-state index in [0.29, 0.717) is 32.9 Å². The van der Waals surface area contributed by atoms with Crippen molar-refractivity contribution in [3.8, 4) is 11.3 Å². The monoisotopic (exact) mass is 542 g/mol. The highest BCUT2D eigenvalue weighted by Crippen LogP contribution is 2.46. The molecule has 2 atom stereocenters. The zero-order valence-electron chi connectivity index (χ0n) is 20.6. The van der Waals surface area contributed by atoms with Crippen LogP contribution in [0.15, 0.2) is 60.9 Å². The number of nitrogens with one attached hydrogen (secondary N) is 2. The zero-order chi connectivity index (χ0) is 25.6. The lowest BCUT2D eigenvalue weighted by Gasteiger charge is -2.32. The number of benzene rings is 1. The highest BCUT2D eigenvalue weighted by molar-refractivity contribution is 7.21. The molecule has 3 aliphatic rings. The first-order chi connectivity index (χ1) is 18.6. The van der Waals surface area contributed by atoms with Crippen molar-refractivity contribution in [2.75, 3.05) is 36.5 Å². The van der Waals surface area contributed by atoms with Gasteiger partial charge in [0.25, 0.3) is 5.91 Å². The number of ether oxygens (including phenoxy) is 1. The number of amides is 3. The number of anilines is 3. The highest BCUT2D eigenvalue weighted by atomic mass is 32.1. The number of nitrogens with zero attached hydrogens (tertiary/aromatic N) is 4. The highest BCUT2D eigenvalue weighted by Gasteiger charge is 2.34. The Morgan fingerprint density at radius 3 is 2.79 bits per heavy atom. The molecule has 1 aromatic carbocycles. The maximum absolute atomic E-state index is 13.5. The van der Waals surface area contributed by atoms with Gasteiger partial charge in [0, 0.05) is 37.1 Å². The van der Waals surface area contributed by atoms with Crippen LogP contribution in [-0.2, 0) is 4.74 Å². The first-order valence-electron chi connectivity index (χ1n) is 12.8. The predicted octanol–water partition coefficient (Wildman–Crippen LogP) is 5.27. The SMILES string of the molecule is C.O=C(NC1CCCN(CC2CO2)C1)c1sc2nccc3c2c1NC(=O)N3c1ccnc(-c2ccccc2)c1. The van der Waals surface area contributed by atoms with E-state index in [4.69, 9.17) is 4.74 Å². The van der Waals surface area contributed by atoms with Crippen LogP contribution in [0, 0.1) is 0 Å². The Bertz CT molecular complexity index is 1540. The molecule has 7 rings (SSSR count). The Morgan fingerprint density at radius 2 is 1.97 bits per heavy atom. The molecular formula is C29H30N6O3S. The minimum Gasteiger partial charge on any atom is -0.372 e. The fourth-order valence-electron chi connectivity index (χ4n) is 5.38. The fraction of sp³-hybridized carbons (Fsp3) is 0.310. The van der Waals surface area contributed by atoms with Crippen LogP contribution in [0.5, 0.6) is 0 Å². The third-order valence-electron chi connectivity index (χ3n) is 7.23. The van der Waals surface area contributed by atoms with Crippen molar-refractivity contribution in [1.29, 1.82) is 0 Å². The van der Waals surface area contributed by atoms with Crippen LogP contribution in [0.25, 0.3) is 21.5 Å². The summed E-state index contributed by atoms with van der Waals surface area (Å²) in [6.07, 6.45) is 5.69. The van der Waals surface area contributed by atoms with E-state index in [2.05, 4.69) is 25.5 Å². The summed E-state index contributed by atoms with van der Waals surface area (Å²) in [5.41, 5.74) is 3.65. The summed E-state index contributed by atoms with van der Waals surface area (Å²) in [7, 11) is 0. The molecule has 6 heterocycles. The van der Waals surface area contributed by atoms with Crippen LogP contribution in [0.4, 0.5) is 21.9 Å². The van der Waals surface area contributed by atoms with Crippen molar-refractivity contribution in [3.05, 3.63) is 65.8 Å². The summed E-state index contributed by atoms with van der Waals surface area (Å²) < 4.78 is 5.38. The average molecular weight is 543 g/mol. The number of urea groups is 1. The molecule has 10 heteroatoms. The molecule has 0 spiro atoms. The molecule has 3 aliphatic heterocycles. The predicted molar refractivity (Wildman–Crippen MR) is 154 cm³/mol. The molecule has 4 aromatic rings. The zero-order valence-corrected chi connectivity index (χ0v) is 21.4. The van der Waals surface area contributed by atoms with Crippen molar-refractivity contribution in [3.63, 3.8) is 0 Å². The smallest absolute Gasteiger partial charge is 0.331 e. The van der Waals surface area contributed by atoms with E-state index in [1.54, 1.807) is 17.3 Å². The molecular weight excluding hydrogens is 512 g/mol.